The first kappa shape index (κ1) is 16.8. The number of thiophene rings is 1. The molecule has 1 aliphatic heterocycles. The molecular formula is C19H22N6OS. The average molecular weight is 382 g/mol. The van der Waals surface area contributed by atoms with Crippen molar-refractivity contribution in [2.75, 3.05) is 37.6 Å². The van der Waals surface area contributed by atoms with Gasteiger partial charge in [-0.15, -0.1) is 11.3 Å². The first-order chi connectivity index (χ1) is 13.3. The summed E-state index contributed by atoms with van der Waals surface area (Å²) in [6, 6.07) is 3.89. The molecule has 5 rings (SSSR count). The van der Waals surface area contributed by atoms with Crippen molar-refractivity contribution in [1.82, 2.24) is 24.6 Å². The molecule has 0 unspecified atom stereocenters. The topological polar surface area (TPSA) is 67.2 Å². The van der Waals surface area contributed by atoms with Crippen molar-refractivity contribution in [3.63, 3.8) is 0 Å². The van der Waals surface area contributed by atoms with E-state index in [0.717, 1.165) is 79.3 Å². The zero-order valence-electron chi connectivity index (χ0n) is 15.2. The minimum absolute atomic E-state index is 0.0371. The SMILES string of the molecule is O=c1cc2c(nn1CCN1CCN(c3ncnc4sccc34)CC1)CCC2. The maximum atomic E-state index is 12.2. The van der Waals surface area contributed by atoms with Crippen LogP contribution < -0.4 is 10.5 Å². The van der Waals surface area contributed by atoms with Crippen LogP contribution >= 0.6 is 11.3 Å². The largest absolute Gasteiger partial charge is 0.353 e. The molecule has 0 bridgehead atoms. The second-order valence-electron chi connectivity index (χ2n) is 7.20. The van der Waals surface area contributed by atoms with Gasteiger partial charge in [0, 0.05) is 38.8 Å². The van der Waals surface area contributed by atoms with Crippen LogP contribution in [0.4, 0.5) is 5.82 Å². The summed E-state index contributed by atoms with van der Waals surface area (Å²) in [6.07, 6.45) is 4.78. The van der Waals surface area contributed by atoms with E-state index in [0.29, 0.717) is 6.54 Å². The third-order valence-electron chi connectivity index (χ3n) is 5.56. The normalized spacial score (nSPS) is 17.6. The minimum Gasteiger partial charge on any atom is -0.353 e. The number of anilines is 1. The van der Waals surface area contributed by atoms with Gasteiger partial charge in [0.05, 0.1) is 17.6 Å². The van der Waals surface area contributed by atoms with Gasteiger partial charge >= 0.3 is 0 Å². The highest BCUT2D eigenvalue weighted by atomic mass is 32.1. The zero-order valence-corrected chi connectivity index (χ0v) is 16.0. The van der Waals surface area contributed by atoms with Crippen LogP contribution in [0.2, 0.25) is 0 Å². The molecule has 0 N–H and O–H groups in total. The van der Waals surface area contributed by atoms with E-state index in [1.54, 1.807) is 28.4 Å². The highest BCUT2D eigenvalue weighted by Gasteiger charge is 2.21. The molecule has 1 fully saturated rings. The molecule has 1 aliphatic carbocycles. The van der Waals surface area contributed by atoms with Crippen LogP contribution in [-0.2, 0) is 19.4 Å². The highest BCUT2D eigenvalue weighted by molar-refractivity contribution is 7.16. The fourth-order valence-electron chi connectivity index (χ4n) is 4.05. The molecule has 8 heteroatoms. The van der Waals surface area contributed by atoms with Crippen LogP contribution in [0.5, 0.6) is 0 Å². The number of rotatable bonds is 4. The summed E-state index contributed by atoms with van der Waals surface area (Å²) in [7, 11) is 0. The Morgan fingerprint density at radius 1 is 1.07 bits per heavy atom. The van der Waals surface area contributed by atoms with Crippen LogP contribution in [0.15, 0.2) is 28.6 Å². The van der Waals surface area contributed by atoms with E-state index >= 15 is 0 Å². The summed E-state index contributed by atoms with van der Waals surface area (Å²) < 4.78 is 1.65. The summed E-state index contributed by atoms with van der Waals surface area (Å²) in [4.78, 5) is 26.9. The van der Waals surface area contributed by atoms with Gasteiger partial charge < -0.3 is 4.90 Å². The average Bonchev–Trinajstić information content (AvgIpc) is 3.35. The quantitative estimate of drug-likeness (QED) is 0.682. The van der Waals surface area contributed by atoms with E-state index < -0.39 is 0 Å². The van der Waals surface area contributed by atoms with Gasteiger partial charge in [0.25, 0.3) is 5.56 Å². The molecule has 140 valence electrons. The summed E-state index contributed by atoms with van der Waals surface area (Å²) in [6.45, 7) is 5.33. The van der Waals surface area contributed by atoms with E-state index in [1.807, 2.05) is 0 Å². The fraction of sp³-hybridized carbons (Fsp3) is 0.474. The summed E-state index contributed by atoms with van der Waals surface area (Å²) >= 11 is 1.65. The number of piperazine rings is 1. The van der Waals surface area contributed by atoms with Crippen molar-refractivity contribution in [1.29, 1.82) is 0 Å². The van der Waals surface area contributed by atoms with Crippen molar-refractivity contribution in [3.05, 3.63) is 45.5 Å². The van der Waals surface area contributed by atoms with Crippen LogP contribution in [0.1, 0.15) is 17.7 Å². The van der Waals surface area contributed by atoms with E-state index in [1.165, 1.54) is 0 Å². The smallest absolute Gasteiger partial charge is 0.267 e. The van der Waals surface area contributed by atoms with Crippen molar-refractivity contribution >= 4 is 27.4 Å². The minimum atomic E-state index is 0.0371. The Hall–Kier alpha value is -2.32. The number of aryl methyl sites for hydroxylation is 2. The molecule has 0 amide bonds. The van der Waals surface area contributed by atoms with Crippen LogP contribution in [-0.4, -0.2) is 57.4 Å². The van der Waals surface area contributed by atoms with Crippen molar-refractivity contribution in [2.45, 2.75) is 25.8 Å². The Kier molecular flexibility index (Phi) is 4.37. The van der Waals surface area contributed by atoms with Gasteiger partial charge in [0.2, 0.25) is 0 Å². The predicted octanol–water partition coefficient (Wildman–Crippen LogP) is 1.56. The predicted molar refractivity (Wildman–Crippen MR) is 107 cm³/mol. The number of hydrogen-bond acceptors (Lipinski definition) is 7. The fourth-order valence-corrected chi connectivity index (χ4v) is 4.78. The van der Waals surface area contributed by atoms with Gasteiger partial charge in [-0.1, -0.05) is 0 Å². The van der Waals surface area contributed by atoms with E-state index in [2.05, 4.69) is 36.3 Å². The lowest BCUT2D eigenvalue weighted by atomic mass is 10.2. The molecule has 3 aromatic rings. The molecule has 3 aromatic heterocycles. The molecule has 0 aromatic carbocycles. The molecule has 27 heavy (non-hydrogen) atoms. The second kappa shape index (κ2) is 7.01. The molecule has 0 saturated carbocycles. The van der Waals surface area contributed by atoms with Gasteiger partial charge in [-0.25, -0.2) is 14.6 Å². The van der Waals surface area contributed by atoms with Crippen LogP contribution in [0.25, 0.3) is 10.2 Å². The van der Waals surface area contributed by atoms with Gasteiger partial charge in [-0.05, 0) is 36.3 Å². The van der Waals surface area contributed by atoms with Gasteiger partial charge in [0.15, 0.2) is 0 Å². The molecule has 0 atom stereocenters. The lowest BCUT2D eigenvalue weighted by Gasteiger charge is -2.35. The molecule has 0 radical (unpaired) electrons. The first-order valence-corrected chi connectivity index (χ1v) is 10.4. The van der Waals surface area contributed by atoms with Crippen LogP contribution in [0.3, 0.4) is 0 Å². The lowest BCUT2D eigenvalue weighted by Crippen LogP contribution is -2.48. The monoisotopic (exact) mass is 382 g/mol. The summed E-state index contributed by atoms with van der Waals surface area (Å²) in [5.74, 6) is 1.04. The Morgan fingerprint density at radius 2 is 1.96 bits per heavy atom. The maximum absolute atomic E-state index is 12.2. The Labute approximate surface area is 161 Å². The van der Waals surface area contributed by atoms with E-state index in [4.69, 9.17) is 0 Å². The molecule has 0 spiro atoms. The first-order valence-electron chi connectivity index (χ1n) is 9.53. The van der Waals surface area contributed by atoms with E-state index in [-0.39, 0.29) is 5.56 Å². The third-order valence-corrected chi connectivity index (χ3v) is 6.39. The van der Waals surface area contributed by atoms with Crippen molar-refractivity contribution in [3.8, 4) is 0 Å². The Balaban J connectivity index is 1.22. The number of fused-ring (bicyclic) bond motifs is 2. The lowest BCUT2D eigenvalue weighted by molar-refractivity contribution is 0.242. The van der Waals surface area contributed by atoms with Crippen LogP contribution in [0, 0.1) is 0 Å². The van der Waals surface area contributed by atoms with E-state index in [9.17, 15) is 4.79 Å². The van der Waals surface area contributed by atoms with Gasteiger partial charge in [-0.3, -0.25) is 9.69 Å². The van der Waals surface area contributed by atoms with Crippen molar-refractivity contribution in [2.24, 2.45) is 0 Å². The Morgan fingerprint density at radius 3 is 2.85 bits per heavy atom. The Bertz CT molecular complexity index is 1020. The summed E-state index contributed by atoms with van der Waals surface area (Å²) in [5, 5.41) is 7.79. The maximum Gasteiger partial charge on any atom is 0.267 e. The van der Waals surface area contributed by atoms with Gasteiger partial charge in [-0.2, -0.15) is 5.10 Å². The third kappa shape index (κ3) is 3.23. The number of aromatic nitrogens is 4. The molecular weight excluding hydrogens is 360 g/mol. The van der Waals surface area contributed by atoms with Gasteiger partial charge in [0.1, 0.15) is 17.0 Å². The summed E-state index contributed by atoms with van der Waals surface area (Å²) in [5.41, 5.74) is 2.30. The molecule has 2 aliphatic rings. The van der Waals surface area contributed by atoms with Crippen molar-refractivity contribution < 1.29 is 0 Å². The zero-order chi connectivity index (χ0) is 18.2. The number of hydrogen-bond donors (Lipinski definition) is 0. The molecule has 4 heterocycles. The molecule has 1 saturated heterocycles. The molecule has 7 nitrogen and oxygen atoms in total. The number of nitrogens with zero attached hydrogens (tertiary/aromatic N) is 6. The standard InChI is InChI=1S/C19H22N6OS/c26-17-12-14-2-1-3-16(14)22-25(17)10-7-23-5-8-24(9-6-23)18-15-4-11-27-19(15)21-13-20-18/h4,11-13H,1-3,5-10H2. The highest BCUT2D eigenvalue weighted by Crippen LogP contribution is 2.27. The second-order valence-corrected chi connectivity index (χ2v) is 8.09.